The largest absolute Gasteiger partial charge is 0.439 e. The van der Waals surface area contributed by atoms with Crippen LogP contribution in [0.15, 0.2) is 50.6 Å². The Kier molecular flexibility index (Phi) is 5.46. The number of hydrogen-bond donors (Lipinski definition) is 2. The molecule has 8 heteroatoms. The summed E-state index contributed by atoms with van der Waals surface area (Å²) in [5.41, 5.74) is 3.63. The van der Waals surface area contributed by atoms with Gasteiger partial charge in [0.15, 0.2) is 5.82 Å². The molecule has 3 heterocycles. The van der Waals surface area contributed by atoms with E-state index in [1.165, 1.54) is 11.1 Å². The minimum Gasteiger partial charge on any atom is -0.372 e. The molecule has 1 fully saturated rings. The quantitative estimate of drug-likeness (QED) is 0.697. The van der Waals surface area contributed by atoms with Crippen LogP contribution in [0.25, 0.3) is 11.4 Å². The molecule has 1 aliphatic heterocycles. The molecule has 2 unspecified atom stereocenters. The van der Waals surface area contributed by atoms with E-state index < -0.39 is 5.76 Å². The zero-order valence-electron chi connectivity index (χ0n) is 16.5. The summed E-state index contributed by atoms with van der Waals surface area (Å²) in [5.74, 6) is -0.495. The van der Waals surface area contributed by atoms with Gasteiger partial charge in [-0.05, 0) is 42.7 Å². The zero-order chi connectivity index (χ0) is 20.4. The summed E-state index contributed by atoms with van der Waals surface area (Å²) < 4.78 is 12.3. The van der Waals surface area contributed by atoms with Crippen LogP contribution < -0.4 is 16.6 Å². The van der Waals surface area contributed by atoms with E-state index in [0.717, 1.165) is 18.7 Å². The van der Waals surface area contributed by atoms with Crippen LogP contribution in [0.5, 0.6) is 0 Å². The van der Waals surface area contributed by atoms with Crippen molar-refractivity contribution in [2.24, 2.45) is 5.92 Å². The molecular formula is C21H24N4O4. The first kappa shape index (κ1) is 19.4. The van der Waals surface area contributed by atoms with E-state index in [9.17, 15) is 9.59 Å². The molecule has 8 nitrogen and oxygen atoms in total. The number of aromatic nitrogens is 3. The summed E-state index contributed by atoms with van der Waals surface area (Å²) >= 11 is 0. The maximum Gasteiger partial charge on any atom is 0.439 e. The second-order valence-electron chi connectivity index (χ2n) is 7.42. The Bertz CT molecular complexity index is 1110. The van der Waals surface area contributed by atoms with Gasteiger partial charge >= 0.3 is 5.76 Å². The van der Waals surface area contributed by atoms with Crippen molar-refractivity contribution < 1.29 is 9.26 Å². The van der Waals surface area contributed by atoms with Crippen molar-refractivity contribution in [1.29, 1.82) is 0 Å². The van der Waals surface area contributed by atoms with Crippen LogP contribution in [0.4, 0.5) is 0 Å². The van der Waals surface area contributed by atoms with Gasteiger partial charge in [-0.15, -0.1) is 0 Å². The Balaban J connectivity index is 1.66. The average molecular weight is 396 g/mol. The van der Waals surface area contributed by atoms with Crippen molar-refractivity contribution in [3.8, 4) is 11.4 Å². The highest BCUT2D eigenvalue weighted by Gasteiger charge is 2.27. The molecule has 0 amide bonds. The third kappa shape index (κ3) is 4.08. The van der Waals surface area contributed by atoms with E-state index in [0.29, 0.717) is 18.7 Å². The van der Waals surface area contributed by atoms with Crippen molar-refractivity contribution in [2.75, 3.05) is 19.7 Å². The maximum atomic E-state index is 13.0. The highest BCUT2D eigenvalue weighted by atomic mass is 16.5. The van der Waals surface area contributed by atoms with Gasteiger partial charge in [0.2, 0.25) is 0 Å². The first-order chi connectivity index (χ1) is 14.0. The molecule has 3 aromatic rings. The van der Waals surface area contributed by atoms with Crippen LogP contribution in [0, 0.1) is 19.8 Å². The predicted molar refractivity (Wildman–Crippen MR) is 108 cm³/mol. The van der Waals surface area contributed by atoms with E-state index in [1.54, 1.807) is 22.9 Å². The topological polar surface area (TPSA) is 102 Å². The highest BCUT2D eigenvalue weighted by Crippen LogP contribution is 2.30. The third-order valence-electron chi connectivity index (χ3n) is 5.42. The molecule has 0 aliphatic carbocycles. The van der Waals surface area contributed by atoms with Gasteiger partial charge in [-0.3, -0.25) is 14.3 Å². The number of aromatic amines is 1. The second kappa shape index (κ2) is 8.18. The Morgan fingerprint density at radius 3 is 2.83 bits per heavy atom. The minimum atomic E-state index is -0.689. The SMILES string of the molecule is Cc1ccc(C2OCCNCC2Cn2cccc(-c3noc(=O)[nH]3)c2=O)cc1C. The minimum absolute atomic E-state index is 0.0592. The fourth-order valence-corrected chi connectivity index (χ4v) is 3.72. The molecule has 0 radical (unpaired) electrons. The van der Waals surface area contributed by atoms with Crippen molar-refractivity contribution >= 4 is 0 Å². The lowest BCUT2D eigenvalue weighted by molar-refractivity contribution is 0.0250. The molecular weight excluding hydrogens is 372 g/mol. The Hall–Kier alpha value is -2.97. The molecule has 1 aromatic carbocycles. The van der Waals surface area contributed by atoms with Gasteiger partial charge < -0.3 is 14.6 Å². The lowest BCUT2D eigenvalue weighted by Gasteiger charge is -2.26. The molecule has 0 saturated carbocycles. The number of rotatable bonds is 4. The first-order valence-electron chi connectivity index (χ1n) is 9.68. The number of ether oxygens (including phenoxy) is 1. The smallest absolute Gasteiger partial charge is 0.372 e. The van der Waals surface area contributed by atoms with Crippen LogP contribution in [0.3, 0.4) is 0 Å². The summed E-state index contributed by atoms with van der Waals surface area (Å²) in [6.07, 6.45) is 1.62. The molecule has 4 rings (SSSR count). The van der Waals surface area contributed by atoms with Crippen molar-refractivity contribution in [3.63, 3.8) is 0 Å². The van der Waals surface area contributed by atoms with E-state index in [1.807, 2.05) is 0 Å². The number of pyridine rings is 1. The van der Waals surface area contributed by atoms with Gasteiger partial charge in [0.1, 0.15) is 0 Å². The van der Waals surface area contributed by atoms with Gasteiger partial charge in [-0.25, -0.2) is 4.79 Å². The summed E-state index contributed by atoms with van der Waals surface area (Å²) in [6.45, 7) is 6.77. The number of H-pyrrole nitrogens is 1. The summed E-state index contributed by atoms with van der Waals surface area (Å²) in [6, 6.07) is 9.76. The fraction of sp³-hybridized carbons (Fsp3) is 0.381. The lowest BCUT2D eigenvalue weighted by Crippen LogP contribution is -2.32. The van der Waals surface area contributed by atoms with Gasteiger partial charge in [-0.2, -0.15) is 0 Å². The van der Waals surface area contributed by atoms with E-state index in [4.69, 9.17) is 4.74 Å². The van der Waals surface area contributed by atoms with Crippen LogP contribution in [0.1, 0.15) is 22.8 Å². The number of nitrogens with zero attached hydrogens (tertiary/aromatic N) is 2. The van der Waals surface area contributed by atoms with Crippen LogP contribution in [-0.2, 0) is 11.3 Å². The normalized spacial score (nSPS) is 19.8. The van der Waals surface area contributed by atoms with Gasteiger partial charge in [0.05, 0.1) is 18.3 Å². The number of benzene rings is 1. The Morgan fingerprint density at radius 2 is 2.07 bits per heavy atom. The van der Waals surface area contributed by atoms with Crippen molar-refractivity contribution in [1.82, 2.24) is 20.0 Å². The van der Waals surface area contributed by atoms with Crippen LogP contribution in [-0.4, -0.2) is 34.4 Å². The molecule has 2 N–H and O–H groups in total. The number of hydrogen-bond acceptors (Lipinski definition) is 6. The summed E-state index contributed by atoms with van der Waals surface area (Å²) in [7, 11) is 0. The Morgan fingerprint density at radius 1 is 1.21 bits per heavy atom. The second-order valence-corrected chi connectivity index (χ2v) is 7.42. The van der Waals surface area contributed by atoms with Gasteiger partial charge in [0.25, 0.3) is 5.56 Å². The maximum absolute atomic E-state index is 13.0. The van der Waals surface area contributed by atoms with Gasteiger partial charge in [0, 0.05) is 31.7 Å². The van der Waals surface area contributed by atoms with Crippen LogP contribution >= 0.6 is 0 Å². The highest BCUT2D eigenvalue weighted by molar-refractivity contribution is 5.51. The van der Waals surface area contributed by atoms with E-state index in [2.05, 4.69) is 52.0 Å². The molecule has 1 aliphatic rings. The molecule has 2 atom stereocenters. The molecule has 0 spiro atoms. The van der Waals surface area contributed by atoms with Crippen LogP contribution in [0.2, 0.25) is 0 Å². The molecule has 152 valence electrons. The van der Waals surface area contributed by atoms with E-state index >= 15 is 0 Å². The summed E-state index contributed by atoms with van der Waals surface area (Å²) in [5, 5.41) is 7.03. The standard InChI is InChI=1S/C21H24N4O4/c1-13-5-6-15(10-14(13)2)18-16(11-22-7-9-28-18)12-25-8-3-4-17(20(25)26)19-23-21(27)29-24-19/h3-6,8,10,16,18,22H,7,9,11-12H2,1-2H3,(H,23,24,27). The average Bonchev–Trinajstić information content (AvgIpc) is 3.00. The zero-order valence-corrected chi connectivity index (χ0v) is 16.5. The molecule has 29 heavy (non-hydrogen) atoms. The third-order valence-corrected chi connectivity index (χ3v) is 5.42. The lowest BCUT2D eigenvalue weighted by atomic mass is 9.93. The Labute approximate surface area is 167 Å². The number of aryl methyl sites for hydroxylation is 2. The summed E-state index contributed by atoms with van der Waals surface area (Å²) in [4.78, 5) is 26.7. The molecule has 1 saturated heterocycles. The fourth-order valence-electron chi connectivity index (χ4n) is 3.72. The molecule has 0 bridgehead atoms. The van der Waals surface area contributed by atoms with Crippen molar-refractivity contribution in [2.45, 2.75) is 26.5 Å². The molecule has 2 aromatic heterocycles. The van der Waals surface area contributed by atoms with E-state index in [-0.39, 0.29) is 23.4 Å². The first-order valence-corrected chi connectivity index (χ1v) is 9.68. The van der Waals surface area contributed by atoms with Gasteiger partial charge in [-0.1, -0.05) is 23.4 Å². The van der Waals surface area contributed by atoms with Crippen molar-refractivity contribution in [3.05, 3.63) is 74.1 Å². The predicted octanol–water partition coefficient (Wildman–Crippen LogP) is 1.79. The monoisotopic (exact) mass is 396 g/mol. The number of nitrogens with one attached hydrogen (secondary N) is 2.